The van der Waals surface area contributed by atoms with Crippen LogP contribution >= 0.6 is 0 Å². The molecule has 17 heavy (non-hydrogen) atoms. The number of alkyl halides is 1. The number of rotatable bonds is 3. The Kier molecular flexibility index (Phi) is 4.80. The van der Waals surface area contributed by atoms with Gasteiger partial charge in [-0.2, -0.15) is 0 Å². The second-order valence-electron chi connectivity index (χ2n) is 5.99. The zero-order valence-electron chi connectivity index (χ0n) is 11.1. The Hall–Kier alpha value is -0.150. The van der Waals surface area contributed by atoms with Crippen LogP contribution in [0.1, 0.15) is 58.3 Å². The van der Waals surface area contributed by atoms with Gasteiger partial charge >= 0.3 is 0 Å². The normalized spacial score (nSPS) is 34.9. The van der Waals surface area contributed by atoms with E-state index in [4.69, 9.17) is 0 Å². The van der Waals surface area contributed by atoms with E-state index in [1.807, 2.05) is 0 Å². The third-order valence-electron chi connectivity index (χ3n) is 4.34. The first kappa shape index (κ1) is 13.3. The summed E-state index contributed by atoms with van der Waals surface area (Å²) in [6, 6.07) is 0.456. The van der Waals surface area contributed by atoms with Crippen LogP contribution < -0.4 is 10.6 Å². The molecule has 0 aromatic rings. The molecule has 2 rings (SSSR count). The van der Waals surface area contributed by atoms with Crippen LogP contribution in [0.3, 0.4) is 0 Å². The lowest BCUT2D eigenvalue weighted by Gasteiger charge is -2.35. The summed E-state index contributed by atoms with van der Waals surface area (Å²) in [5.41, 5.74) is -1.06. The lowest BCUT2D eigenvalue weighted by molar-refractivity contribution is 0.0927. The highest BCUT2D eigenvalue weighted by Crippen LogP contribution is 2.29. The minimum atomic E-state index is -1.06. The maximum absolute atomic E-state index is 14.8. The van der Waals surface area contributed by atoms with Crippen molar-refractivity contribution < 1.29 is 4.39 Å². The first-order valence-corrected chi connectivity index (χ1v) is 7.34. The molecule has 2 fully saturated rings. The largest absolute Gasteiger partial charge is 0.314 e. The number of halogens is 1. The molecule has 3 unspecified atom stereocenters. The molecule has 0 bridgehead atoms. The number of nitrogens with one attached hydrogen (secondary N) is 2. The Morgan fingerprint density at radius 2 is 1.71 bits per heavy atom. The van der Waals surface area contributed by atoms with Gasteiger partial charge < -0.3 is 10.6 Å². The highest BCUT2D eigenvalue weighted by Gasteiger charge is 2.36. The Morgan fingerprint density at radius 1 is 1.00 bits per heavy atom. The molecule has 0 radical (unpaired) electrons. The van der Waals surface area contributed by atoms with Gasteiger partial charge in [0.05, 0.1) is 0 Å². The monoisotopic (exact) mass is 242 g/mol. The molecule has 3 atom stereocenters. The van der Waals surface area contributed by atoms with Gasteiger partial charge in [-0.25, -0.2) is 4.39 Å². The van der Waals surface area contributed by atoms with Gasteiger partial charge in [-0.3, -0.25) is 0 Å². The molecule has 2 aliphatic rings. The van der Waals surface area contributed by atoms with Crippen LogP contribution in [-0.2, 0) is 0 Å². The molecule has 0 saturated carbocycles. The summed E-state index contributed by atoms with van der Waals surface area (Å²) >= 11 is 0. The molecule has 100 valence electrons. The van der Waals surface area contributed by atoms with Crippen molar-refractivity contribution in [2.45, 2.75) is 76.0 Å². The van der Waals surface area contributed by atoms with Gasteiger partial charge in [-0.1, -0.05) is 19.3 Å². The Balaban J connectivity index is 1.86. The van der Waals surface area contributed by atoms with Crippen molar-refractivity contribution in [2.24, 2.45) is 0 Å². The van der Waals surface area contributed by atoms with E-state index in [-0.39, 0.29) is 6.04 Å². The molecule has 0 aromatic heterocycles. The van der Waals surface area contributed by atoms with Gasteiger partial charge in [-0.05, 0) is 52.1 Å². The minimum Gasteiger partial charge on any atom is -0.314 e. The molecule has 0 aromatic carbocycles. The highest BCUT2D eigenvalue weighted by molar-refractivity contribution is 4.93. The van der Waals surface area contributed by atoms with E-state index in [1.54, 1.807) is 6.92 Å². The van der Waals surface area contributed by atoms with Gasteiger partial charge in [0, 0.05) is 12.1 Å². The summed E-state index contributed by atoms with van der Waals surface area (Å²) < 4.78 is 14.8. The molecule has 2 heterocycles. The maximum Gasteiger partial charge on any atom is 0.124 e. The van der Waals surface area contributed by atoms with Gasteiger partial charge in [0.25, 0.3) is 0 Å². The highest BCUT2D eigenvalue weighted by atomic mass is 19.1. The Labute approximate surface area is 105 Å². The molecular weight excluding hydrogens is 215 g/mol. The Bertz CT molecular complexity index is 216. The van der Waals surface area contributed by atoms with Crippen molar-refractivity contribution in [3.63, 3.8) is 0 Å². The first-order chi connectivity index (χ1) is 8.18. The quantitative estimate of drug-likeness (QED) is 0.795. The standard InChI is InChI=1S/C14H27FN2/c1-14(15,11-12-7-4-6-9-16-12)13-8-3-2-5-10-17-13/h12-13,16-17H,2-11H2,1H3. The second-order valence-corrected chi connectivity index (χ2v) is 5.99. The third kappa shape index (κ3) is 3.92. The second kappa shape index (κ2) is 6.14. The summed E-state index contributed by atoms with van der Waals surface area (Å²) in [6.07, 6.45) is 8.95. The van der Waals surface area contributed by atoms with E-state index in [0.29, 0.717) is 12.5 Å². The Morgan fingerprint density at radius 3 is 2.47 bits per heavy atom. The lowest BCUT2D eigenvalue weighted by Crippen LogP contribution is -2.50. The SMILES string of the molecule is CC(F)(CC1CCCCN1)C1CCCCCN1. The van der Waals surface area contributed by atoms with Crippen LogP contribution in [0, 0.1) is 0 Å². The van der Waals surface area contributed by atoms with Crippen molar-refractivity contribution in [1.82, 2.24) is 10.6 Å². The van der Waals surface area contributed by atoms with Crippen molar-refractivity contribution in [1.29, 1.82) is 0 Å². The van der Waals surface area contributed by atoms with Gasteiger partial charge in [0.1, 0.15) is 5.67 Å². The molecule has 0 amide bonds. The molecule has 2 aliphatic heterocycles. The molecule has 2 nitrogen and oxygen atoms in total. The van der Waals surface area contributed by atoms with Crippen LogP contribution in [0.25, 0.3) is 0 Å². The average Bonchev–Trinajstić information content (AvgIpc) is 2.58. The zero-order chi connectivity index (χ0) is 12.1. The average molecular weight is 242 g/mol. The molecular formula is C14H27FN2. The fourth-order valence-corrected chi connectivity index (χ4v) is 3.26. The molecule has 0 aliphatic carbocycles. The van der Waals surface area contributed by atoms with Gasteiger partial charge in [0.15, 0.2) is 0 Å². The van der Waals surface area contributed by atoms with E-state index in [1.165, 1.54) is 32.1 Å². The smallest absolute Gasteiger partial charge is 0.124 e. The molecule has 0 spiro atoms. The predicted octanol–water partition coefficient (Wildman–Crippen LogP) is 2.78. The van der Waals surface area contributed by atoms with Crippen LogP contribution in [0.5, 0.6) is 0 Å². The number of piperidine rings is 1. The van der Waals surface area contributed by atoms with Gasteiger partial charge in [0.2, 0.25) is 0 Å². The summed E-state index contributed by atoms with van der Waals surface area (Å²) in [5, 5.41) is 6.87. The third-order valence-corrected chi connectivity index (χ3v) is 4.34. The van der Waals surface area contributed by atoms with Crippen molar-refractivity contribution in [3.05, 3.63) is 0 Å². The lowest BCUT2D eigenvalue weighted by atomic mass is 9.86. The van der Waals surface area contributed by atoms with Crippen molar-refractivity contribution >= 4 is 0 Å². The molecule has 3 heteroatoms. The first-order valence-electron chi connectivity index (χ1n) is 7.34. The van der Waals surface area contributed by atoms with E-state index < -0.39 is 5.67 Å². The topological polar surface area (TPSA) is 24.1 Å². The maximum atomic E-state index is 14.8. The van der Waals surface area contributed by atoms with Crippen LogP contribution in [0.15, 0.2) is 0 Å². The van der Waals surface area contributed by atoms with Crippen LogP contribution in [-0.4, -0.2) is 30.8 Å². The summed E-state index contributed by atoms with van der Waals surface area (Å²) in [5.74, 6) is 0. The fourth-order valence-electron chi connectivity index (χ4n) is 3.26. The van der Waals surface area contributed by atoms with E-state index in [0.717, 1.165) is 25.9 Å². The van der Waals surface area contributed by atoms with Crippen molar-refractivity contribution in [2.75, 3.05) is 13.1 Å². The van der Waals surface area contributed by atoms with E-state index >= 15 is 0 Å². The fraction of sp³-hybridized carbons (Fsp3) is 1.00. The summed E-state index contributed by atoms with van der Waals surface area (Å²) in [7, 11) is 0. The molecule has 2 N–H and O–H groups in total. The van der Waals surface area contributed by atoms with E-state index in [2.05, 4.69) is 10.6 Å². The number of hydrogen-bond donors (Lipinski definition) is 2. The minimum absolute atomic E-state index is 0.0636. The number of hydrogen-bond acceptors (Lipinski definition) is 2. The predicted molar refractivity (Wildman–Crippen MR) is 70.0 cm³/mol. The molecule has 2 saturated heterocycles. The van der Waals surface area contributed by atoms with E-state index in [9.17, 15) is 4.39 Å². The van der Waals surface area contributed by atoms with Crippen molar-refractivity contribution in [3.8, 4) is 0 Å². The summed E-state index contributed by atoms with van der Waals surface area (Å²) in [6.45, 7) is 3.85. The van der Waals surface area contributed by atoms with Crippen LogP contribution in [0.4, 0.5) is 4.39 Å². The zero-order valence-corrected chi connectivity index (χ0v) is 11.1. The van der Waals surface area contributed by atoms with Gasteiger partial charge in [-0.15, -0.1) is 0 Å². The summed E-state index contributed by atoms with van der Waals surface area (Å²) in [4.78, 5) is 0. The van der Waals surface area contributed by atoms with Crippen LogP contribution in [0.2, 0.25) is 0 Å².